The number of rotatable bonds is 3. The van der Waals surface area contributed by atoms with Gasteiger partial charge in [0, 0.05) is 37.8 Å². The molecule has 0 unspecified atom stereocenters. The maximum absolute atomic E-state index is 13.8. The van der Waals surface area contributed by atoms with Crippen LogP contribution in [0.4, 0.5) is 26.3 Å². The molecule has 1 aliphatic rings. The summed E-state index contributed by atoms with van der Waals surface area (Å²) in [4.78, 5) is 1.32. The van der Waals surface area contributed by atoms with Crippen molar-refractivity contribution in [1.82, 2.24) is 10.2 Å². The van der Waals surface area contributed by atoms with Crippen molar-refractivity contribution >= 4 is 24.8 Å². The molecule has 10 heteroatoms. The molecular formula is C13H16Cl2F6N2. The van der Waals surface area contributed by atoms with Gasteiger partial charge >= 0.3 is 6.18 Å². The van der Waals surface area contributed by atoms with E-state index in [2.05, 4.69) is 5.32 Å². The van der Waals surface area contributed by atoms with Gasteiger partial charge in [-0.1, -0.05) is 0 Å². The first-order valence-corrected chi connectivity index (χ1v) is 6.44. The second kappa shape index (κ2) is 8.96. The molecule has 1 heterocycles. The molecule has 0 aromatic heterocycles. The van der Waals surface area contributed by atoms with Crippen LogP contribution in [0.2, 0.25) is 0 Å². The van der Waals surface area contributed by atoms with Gasteiger partial charge in [-0.2, -0.15) is 13.2 Å². The standard InChI is InChI=1S/C13H14F6N2.2ClH/c14-8-1-2-9(15)12(16)11(8)10(7-13(17,18)19)21-5-3-20-4-6-21;;/h1-2,10,20H,3-7H2;2*1H/t10-;;/m0../s1. The molecular weight excluding hydrogens is 369 g/mol. The van der Waals surface area contributed by atoms with Crippen LogP contribution in [0, 0.1) is 17.5 Å². The zero-order chi connectivity index (χ0) is 15.6. The molecule has 134 valence electrons. The van der Waals surface area contributed by atoms with Crippen molar-refractivity contribution in [3.05, 3.63) is 35.1 Å². The smallest absolute Gasteiger partial charge is 0.314 e. The normalized spacial score (nSPS) is 17.1. The fourth-order valence-electron chi connectivity index (χ4n) is 2.47. The van der Waals surface area contributed by atoms with Gasteiger partial charge in [-0.15, -0.1) is 24.8 Å². The van der Waals surface area contributed by atoms with E-state index >= 15 is 0 Å². The average molecular weight is 385 g/mol. The van der Waals surface area contributed by atoms with Crippen molar-refractivity contribution in [2.45, 2.75) is 18.6 Å². The Morgan fingerprint density at radius 1 is 1.00 bits per heavy atom. The predicted octanol–water partition coefficient (Wildman–Crippen LogP) is 3.85. The highest BCUT2D eigenvalue weighted by Gasteiger charge is 2.38. The lowest BCUT2D eigenvalue weighted by atomic mass is 9.99. The Kier molecular flexibility index (Phi) is 8.69. The molecule has 1 aliphatic heterocycles. The zero-order valence-corrected chi connectivity index (χ0v) is 13.4. The largest absolute Gasteiger partial charge is 0.390 e. The minimum absolute atomic E-state index is 0. The molecule has 1 aromatic carbocycles. The highest BCUT2D eigenvalue weighted by molar-refractivity contribution is 5.85. The third kappa shape index (κ3) is 5.70. The first-order chi connectivity index (χ1) is 9.79. The Balaban J connectivity index is 0.00000242. The van der Waals surface area contributed by atoms with Gasteiger partial charge < -0.3 is 5.32 Å². The van der Waals surface area contributed by atoms with Crippen LogP contribution in [0.25, 0.3) is 0 Å². The fraction of sp³-hybridized carbons (Fsp3) is 0.538. The summed E-state index contributed by atoms with van der Waals surface area (Å²) in [7, 11) is 0. The zero-order valence-electron chi connectivity index (χ0n) is 11.8. The van der Waals surface area contributed by atoms with E-state index in [1.165, 1.54) is 4.90 Å². The minimum atomic E-state index is -4.61. The van der Waals surface area contributed by atoms with Gasteiger partial charge in [0.25, 0.3) is 0 Å². The third-order valence-electron chi connectivity index (χ3n) is 3.43. The lowest BCUT2D eigenvalue weighted by Gasteiger charge is -2.35. The molecule has 2 nitrogen and oxygen atoms in total. The van der Waals surface area contributed by atoms with Crippen molar-refractivity contribution in [1.29, 1.82) is 0 Å². The second-order valence-electron chi connectivity index (χ2n) is 4.88. The summed E-state index contributed by atoms with van der Waals surface area (Å²) >= 11 is 0. The van der Waals surface area contributed by atoms with Crippen molar-refractivity contribution < 1.29 is 26.3 Å². The molecule has 0 bridgehead atoms. The van der Waals surface area contributed by atoms with Gasteiger partial charge in [-0.3, -0.25) is 4.90 Å². The summed E-state index contributed by atoms with van der Waals surface area (Å²) in [6.07, 6.45) is -6.04. The van der Waals surface area contributed by atoms with E-state index in [0.29, 0.717) is 25.2 Å². The van der Waals surface area contributed by atoms with Crippen LogP contribution in [-0.4, -0.2) is 37.3 Å². The van der Waals surface area contributed by atoms with Crippen LogP contribution in [0.15, 0.2) is 12.1 Å². The number of halogens is 8. The first kappa shape index (κ1) is 22.3. The summed E-state index contributed by atoms with van der Waals surface area (Å²) in [5.74, 6) is -4.07. The van der Waals surface area contributed by atoms with Crippen molar-refractivity contribution in [3.8, 4) is 0 Å². The van der Waals surface area contributed by atoms with E-state index in [0.717, 1.165) is 0 Å². The summed E-state index contributed by atoms with van der Waals surface area (Å²) in [5, 5.41) is 2.94. The van der Waals surface area contributed by atoms with Gasteiger partial charge in [-0.05, 0) is 12.1 Å². The molecule has 0 radical (unpaired) electrons. The van der Waals surface area contributed by atoms with E-state index in [4.69, 9.17) is 0 Å². The number of benzene rings is 1. The number of hydrogen-bond acceptors (Lipinski definition) is 2. The van der Waals surface area contributed by atoms with E-state index in [1.807, 2.05) is 0 Å². The number of hydrogen-bond donors (Lipinski definition) is 1. The van der Waals surface area contributed by atoms with Crippen molar-refractivity contribution in [2.24, 2.45) is 0 Å². The maximum atomic E-state index is 13.8. The van der Waals surface area contributed by atoms with E-state index in [9.17, 15) is 26.3 Å². The molecule has 1 fully saturated rings. The van der Waals surface area contributed by atoms with Crippen LogP contribution < -0.4 is 5.32 Å². The highest BCUT2D eigenvalue weighted by atomic mass is 35.5. The predicted molar refractivity (Wildman–Crippen MR) is 78.7 cm³/mol. The number of nitrogens with one attached hydrogen (secondary N) is 1. The average Bonchev–Trinajstić information content (AvgIpc) is 2.42. The molecule has 2 rings (SSSR count). The third-order valence-corrected chi connectivity index (χ3v) is 3.43. The quantitative estimate of drug-likeness (QED) is 0.628. The molecule has 0 amide bonds. The van der Waals surface area contributed by atoms with Gasteiger partial charge in [0.1, 0.15) is 5.82 Å². The Labute approximate surface area is 142 Å². The SMILES string of the molecule is Cl.Cl.Fc1ccc(F)c([C@H](CC(F)(F)F)N2CCNCC2)c1F. The number of nitrogens with zero attached hydrogens (tertiary/aromatic N) is 1. The van der Waals surface area contributed by atoms with Gasteiger partial charge in [0.2, 0.25) is 0 Å². The number of alkyl halides is 3. The highest BCUT2D eigenvalue weighted by Crippen LogP contribution is 2.36. The summed E-state index contributed by atoms with van der Waals surface area (Å²) < 4.78 is 79.1. The summed E-state index contributed by atoms with van der Waals surface area (Å²) in [6, 6.07) is -0.349. The Hall–Kier alpha value is -0.700. The van der Waals surface area contributed by atoms with E-state index < -0.39 is 41.7 Å². The van der Waals surface area contributed by atoms with E-state index in [1.54, 1.807) is 0 Å². The molecule has 1 saturated heterocycles. The first-order valence-electron chi connectivity index (χ1n) is 6.44. The Bertz CT molecular complexity index is 506. The topological polar surface area (TPSA) is 15.3 Å². The lowest BCUT2D eigenvalue weighted by Crippen LogP contribution is -2.46. The molecule has 1 aromatic rings. The monoisotopic (exact) mass is 384 g/mol. The molecule has 0 spiro atoms. The molecule has 0 saturated carbocycles. The van der Waals surface area contributed by atoms with E-state index in [-0.39, 0.29) is 37.9 Å². The molecule has 1 atom stereocenters. The van der Waals surface area contributed by atoms with Crippen LogP contribution in [0.5, 0.6) is 0 Å². The summed E-state index contributed by atoms with van der Waals surface area (Å²) in [5.41, 5.74) is -0.853. The fourth-order valence-corrected chi connectivity index (χ4v) is 2.47. The van der Waals surface area contributed by atoms with Crippen LogP contribution in [0.3, 0.4) is 0 Å². The van der Waals surface area contributed by atoms with Gasteiger partial charge in [0.05, 0.1) is 6.42 Å². The molecule has 1 N–H and O–H groups in total. The number of piperazine rings is 1. The van der Waals surface area contributed by atoms with Crippen LogP contribution in [0.1, 0.15) is 18.0 Å². The van der Waals surface area contributed by atoms with Gasteiger partial charge in [0.15, 0.2) is 11.6 Å². The van der Waals surface area contributed by atoms with Crippen molar-refractivity contribution in [2.75, 3.05) is 26.2 Å². The minimum Gasteiger partial charge on any atom is -0.314 e. The molecule has 0 aliphatic carbocycles. The van der Waals surface area contributed by atoms with Gasteiger partial charge in [-0.25, -0.2) is 13.2 Å². The lowest BCUT2D eigenvalue weighted by molar-refractivity contribution is -0.149. The second-order valence-corrected chi connectivity index (χ2v) is 4.88. The Morgan fingerprint density at radius 2 is 1.52 bits per heavy atom. The molecule has 23 heavy (non-hydrogen) atoms. The van der Waals surface area contributed by atoms with Crippen LogP contribution in [-0.2, 0) is 0 Å². The van der Waals surface area contributed by atoms with Crippen molar-refractivity contribution in [3.63, 3.8) is 0 Å². The Morgan fingerprint density at radius 3 is 2.04 bits per heavy atom. The maximum Gasteiger partial charge on any atom is 0.390 e. The summed E-state index contributed by atoms with van der Waals surface area (Å²) in [6.45, 7) is 1.23. The van der Waals surface area contributed by atoms with Crippen LogP contribution >= 0.6 is 24.8 Å².